The molecule has 0 aliphatic heterocycles. The van der Waals surface area contributed by atoms with Crippen molar-refractivity contribution in [3.63, 3.8) is 0 Å². The van der Waals surface area contributed by atoms with Gasteiger partial charge in [-0.15, -0.1) is 0 Å². The van der Waals surface area contributed by atoms with Crippen LogP contribution >= 0.6 is 0 Å². The molecular weight excluding hydrogens is 272 g/mol. The molecule has 0 aromatic heterocycles. The molecule has 6 nitrogen and oxygen atoms in total. The molecule has 0 fully saturated rings. The number of carboxylic acid groups (broad SMARTS) is 1. The van der Waals surface area contributed by atoms with Gasteiger partial charge < -0.3 is 15.7 Å². The first-order valence-corrected chi connectivity index (χ1v) is 6.79. The predicted molar refractivity (Wildman–Crippen MR) is 77.6 cm³/mol. The van der Waals surface area contributed by atoms with Crippen molar-refractivity contribution in [2.75, 3.05) is 7.05 Å². The van der Waals surface area contributed by atoms with Gasteiger partial charge in [0, 0.05) is 26.3 Å². The Bertz CT molecular complexity index is 488. The van der Waals surface area contributed by atoms with Gasteiger partial charge in [0.2, 0.25) is 11.8 Å². The Morgan fingerprint density at radius 2 is 1.71 bits per heavy atom. The Hall–Kier alpha value is -2.37. The zero-order valence-electron chi connectivity index (χ0n) is 12.0. The van der Waals surface area contributed by atoms with Crippen LogP contribution in [0.4, 0.5) is 0 Å². The fourth-order valence-corrected chi connectivity index (χ4v) is 1.85. The van der Waals surface area contributed by atoms with Gasteiger partial charge in [-0.2, -0.15) is 0 Å². The Morgan fingerprint density at radius 1 is 1.10 bits per heavy atom. The third-order valence-electron chi connectivity index (χ3n) is 3.00. The van der Waals surface area contributed by atoms with E-state index in [1.54, 1.807) is 0 Å². The van der Waals surface area contributed by atoms with E-state index in [2.05, 4.69) is 10.6 Å². The molecule has 0 saturated heterocycles. The van der Waals surface area contributed by atoms with E-state index < -0.39 is 12.0 Å². The molecule has 6 heteroatoms. The highest BCUT2D eigenvalue weighted by Gasteiger charge is 2.20. The molecule has 0 saturated carbocycles. The number of nitrogens with one attached hydrogen (secondary N) is 2. The van der Waals surface area contributed by atoms with Crippen LogP contribution in [0.25, 0.3) is 0 Å². The molecule has 0 unspecified atom stereocenters. The van der Waals surface area contributed by atoms with E-state index in [1.807, 2.05) is 30.3 Å². The van der Waals surface area contributed by atoms with E-state index in [0.29, 0.717) is 6.42 Å². The van der Waals surface area contributed by atoms with Crippen molar-refractivity contribution in [1.82, 2.24) is 10.6 Å². The molecule has 1 aromatic rings. The van der Waals surface area contributed by atoms with Crippen LogP contribution in [0.3, 0.4) is 0 Å². The fourth-order valence-electron chi connectivity index (χ4n) is 1.85. The van der Waals surface area contributed by atoms with E-state index in [9.17, 15) is 14.4 Å². The van der Waals surface area contributed by atoms with E-state index in [1.165, 1.54) is 7.05 Å². The zero-order chi connectivity index (χ0) is 15.7. The lowest BCUT2D eigenvalue weighted by molar-refractivity contribution is -0.141. The molecule has 2 amide bonds. The third kappa shape index (κ3) is 6.56. The van der Waals surface area contributed by atoms with Crippen LogP contribution in [0.1, 0.15) is 24.8 Å². The van der Waals surface area contributed by atoms with E-state index in [0.717, 1.165) is 5.56 Å². The van der Waals surface area contributed by atoms with Gasteiger partial charge in [0.05, 0.1) is 0 Å². The van der Waals surface area contributed by atoms with Crippen LogP contribution in [0.2, 0.25) is 0 Å². The lowest BCUT2D eigenvalue weighted by Gasteiger charge is -2.14. The predicted octanol–water partition coefficient (Wildman–Crippen LogP) is 0.715. The molecule has 0 heterocycles. The monoisotopic (exact) mass is 292 g/mol. The smallest absolute Gasteiger partial charge is 0.326 e. The minimum absolute atomic E-state index is 0.131. The van der Waals surface area contributed by atoms with Crippen LogP contribution in [0, 0.1) is 0 Å². The Balaban J connectivity index is 2.45. The van der Waals surface area contributed by atoms with Gasteiger partial charge in [-0.1, -0.05) is 30.3 Å². The zero-order valence-corrected chi connectivity index (χ0v) is 12.0. The number of carbonyl (C=O) groups excluding carboxylic acids is 2. The van der Waals surface area contributed by atoms with Crippen molar-refractivity contribution in [2.24, 2.45) is 0 Å². The van der Waals surface area contributed by atoms with Crippen LogP contribution in [-0.4, -0.2) is 36.0 Å². The van der Waals surface area contributed by atoms with Crippen LogP contribution in [-0.2, 0) is 20.8 Å². The van der Waals surface area contributed by atoms with Crippen LogP contribution < -0.4 is 10.6 Å². The Kier molecular flexibility index (Phi) is 6.94. The summed E-state index contributed by atoms with van der Waals surface area (Å²) in [6, 6.07) is 8.15. The van der Waals surface area contributed by atoms with Crippen molar-refractivity contribution in [3.05, 3.63) is 35.9 Å². The second-order valence-corrected chi connectivity index (χ2v) is 4.67. The summed E-state index contributed by atoms with van der Waals surface area (Å²) in [5.41, 5.74) is 0.843. The molecule has 21 heavy (non-hydrogen) atoms. The summed E-state index contributed by atoms with van der Waals surface area (Å²) in [5, 5.41) is 14.1. The average Bonchev–Trinajstić information content (AvgIpc) is 2.47. The second kappa shape index (κ2) is 8.73. The molecule has 1 atom stereocenters. The minimum atomic E-state index is -1.07. The summed E-state index contributed by atoms with van der Waals surface area (Å²) >= 11 is 0. The van der Waals surface area contributed by atoms with Gasteiger partial charge in [0.15, 0.2) is 0 Å². The maximum atomic E-state index is 11.7. The van der Waals surface area contributed by atoms with Crippen molar-refractivity contribution >= 4 is 17.8 Å². The second-order valence-electron chi connectivity index (χ2n) is 4.67. The first kappa shape index (κ1) is 16.7. The summed E-state index contributed by atoms with van der Waals surface area (Å²) < 4.78 is 0. The largest absolute Gasteiger partial charge is 0.480 e. The highest BCUT2D eigenvalue weighted by atomic mass is 16.4. The molecule has 1 rings (SSSR count). The van der Waals surface area contributed by atoms with E-state index in [4.69, 9.17) is 5.11 Å². The van der Waals surface area contributed by atoms with Gasteiger partial charge in [-0.25, -0.2) is 4.79 Å². The van der Waals surface area contributed by atoms with Crippen LogP contribution in [0.15, 0.2) is 30.3 Å². The fraction of sp³-hybridized carbons (Fsp3) is 0.400. The maximum absolute atomic E-state index is 11.7. The van der Waals surface area contributed by atoms with Gasteiger partial charge in [0.1, 0.15) is 6.04 Å². The molecule has 0 radical (unpaired) electrons. The molecular formula is C15H20N2O4. The molecule has 0 spiro atoms. The molecule has 1 aromatic carbocycles. The number of hydrogen-bond donors (Lipinski definition) is 3. The molecule has 114 valence electrons. The third-order valence-corrected chi connectivity index (χ3v) is 3.00. The highest BCUT2D eigenvalue weighted by Crippen LogP contribution is 2.04. The maximum Gasteiger partial charge on any atom is 0.326 e. The standard InChI is InChI=1S/C15H20N2O4/c1-16-13(18)8-5-9-14(19)17-12(15(20)21)10-11-6-3-2-4-7-11/h2-4,6-7,12H,5,8-10H2,1H3,(H,16,18)(H,17,19)(H,20,21)/t12-/m1/s1. The quantitative estimate of drug-likeness (QED) is 0.657. The molecule has 3 N–H and O–H groups in total. The lowest BCUT2D eigenvalue weighted by atomic mass is 10.1. The topological polar surface area (TPSA) is 95.5 Å². The first-order chi connectivity index (χ1) is 10.0. The number of carbonyl (C=O) groups is 3. The van der Waals surface area contributed by atoms with Gasteiger partial charge in [0.25, 0.3) is 0 Å². The first-order valence-electron chi connectivity index (χ1n) is 6.79. The minimum Gasteiger partial charge on any atom is -0.480 e. The SMILES string of the molecule is CNC(=O)CCCC(=O)N[C@H](Cc1ccccc1)C(=O)O. The Morgan fingerprint density at radius 3 is 2.29 bits per heavy atom. The number of aliphatic carboxylic acids is 1. The van der Waals surface area contributed by atoms with E-state index >= 15 is 0 Å². The average molecular weight is 292 g/mol. The van der Waals surface area contributed by atoms with Crippen molar-refractivity contribution < 1.29 is 19.5 Å². The number of amides is 2. The van der Waals surface area contributed by atoms with Crippen LogP contribution in [0.5, 0.6) is 0 Å². The van der Waals surface area contributed by atoms with Crippen molar-refractivity contribution in [1.29, 1.82) is 0 Å². The molecule has 0 aliphatic carbocycles. The Labute approximate surface area is 123 Å². The van der Waals surface area contributed by atoms with Gasteiger partial charge in [-0.05, 0) is 12.0 Å². The van der Waals surface area contributed by atoms with Crippen molar-refractivity contribution in [2.45, 2.75) is 31.7 Å². The van der Waals surface area contributed by atoms with Gasteiger partial charge >= 0.3 is 5.97 Å². The number of rotatable bonds is 8. The summed E-state index contributed by atoms with van der Waals surface area (Å²) in [5.74, 6) is -1.57. The highest BCUT2D eigenvalue weighted by molar-refractivity contribution is 5.84. The summed E-state index contributed by atoms with van der Waals surface area (Å²) in [6.45, 7) is 0. The summed E-state index contributed by atoms with van der Waals surface area (Å²) in [7, 11) is 1.53. The number of benzene rings is 1. The number of hydrogen-bond acceptors (Lipinski definition) is 3. The molecule has 0 aliphatic rings. The summed E-state index contributed by atoms with van der Waals surface area (Å²) in [6.07, 6.45) is 1.01. The molecule has 0 bridgehead atoms. The lowest BCUT2D eigenvalue weighted by Crippen LogP contribution is -2.42. The van der Waals surface area contributed by atoms with E-state index in [-0.39, 0.29) is 31.1 Å². The summed E-state index contributed by atoms with van der Waals surface area (Å²) in [4.78, 5) is 33.9. The van der Waals surface area contributed by atoms with Gasteiger partial charge in [-0.3, -0.25) is 9.59 Å². The normalized spacial score (nSPS) is 11.5. The number of carboxylic acids is 1. The van der Waals surface area contributed by atoms with Crippen molar-refractivity contribution in [3.8, 4) is 0 Å².